The molecular formula is C15H19N3O2. The van der Waals surface area contributed by atoms with E-state index >= 15 is 0 Å². The molecule has 106 valence electrons. The highest BCUT2D eigenvalue weighted by Crippen LogP contribution is 2.34. The number of benzene rings is 1. The van der Waals surface area contributed by atoms with Crippen LogP contribution in [0, 0.1) is 15.5 Å². The zero-order valence-electron chi connectivity index (χ0n) is 12.2. The Labute approximate surface area is 118 Å². The second-order valence-corrected chi connectivity index (χ2v) is 6.02. The predicted molar refractivity (Wildman–Crippen MR) is 80.9 cm³/mol. The van der Waals surface area contributed by atoms with Gasteiger partial charge in [-0.2, -0.15) is 0 Å². The van der Waals surface area contributed by atoms with Crippen molar-refractivity contribution in [2.75, 3.05) is 5.32 Å². The Kier molecular flexibility index (Phi) is 3.61. The average molecular weight is 273 g/mol. The topological polar surface area (TPSA) is 68.1 Å². The molecule has 2 aromatic rings. The molecule has 1 atom stereocenters. The zero-order valence-corrected chi connectivity index (χ0v) is 12.2. The zero-order chi connectivity index (χ0) is 14.9. The Balaban J connectivity index is 2.54. The second kappa shape index (κ2) is 5.07. The number of anilines is 1. The molecule has 1 N–H and O–H groups in total. The summed E-state index contributed by atoms with van der Waals surface area (Å²) in [6, 6.07) is 7.09. The third-order valence-electron chi connectivity index (χ3n) is 3.61. The molecule has 5 heteroatoms. The van der Waals surface area contributed by atoms with Crippen molar-refractivity contribution in [1.82, 2.24) is 4.98 Å². The Morgan fingerprint density at radius 1 is 1.30 bits per heavy atom. The fourth-order valence-corrected chi connectivity index (χ4v) is 1.90. The fraction of sp³-hybridized carbons (Fsp3) is 0.400. The van der Waals surface area contributed by atoms with Crippen molar-refractivity contribution in [3.05, 3.63) is 40.6 Å². The van der Waals surface area contributed by atoms with Crippen LogP contribution in [-0.2, 0) is 0 Å². The van der Waals surface area contributed by atoms with Gasteiger partial charge in [0.15, 0.2) is 0 Å². The summed E-state index contributed by atoms with van der Waals surface area (Å²) in [4.78, 5) is 15.2. The Hall–Kier alpha value is -2.17. The van der Waals surface area contributed by atoms with Crippen molar-refractivity contribution in [2.45, 2.75) is 33.7 Å². The van der Waals surface area contributed by atoms with Crippen molar-refractivity contribution < 1.29 is 4.92 Å². The lowest BCUT2D eigenvalue weighted by Gasteiger charge is -2.28. The van der Waals surface area contributed by atoms with Gasteiger partial charge in [0.1, 0.15) is 5.69 Å². The van der Waals surface area contributed by atoms with E-state index in [0.717, 1.165) is 0 Å². The van der Waals surface area contributed by atoms with Crippen molar-refractivity contribution in [3.8, 4) is 0 Å². The second-order valence-electron chi connectivity index (χ2n) is 6.02. The molecule has 0 bridgehead atoms. The highest BCUT2D eigenvalue weighted by molar-refractivity contribution is 5.94. The normalized spacial score (nSPS) is 13.2. The van der Waals surface area contributed by atoms with Gasteiger partial charge in [-0.15, -0.1) is 0 Å². The summed E-state index contributed by atoms with van der Waals surface area (Å²) in [6.45, 7) is 8.31. The third kappa shape index (κ3) is 2.71. The Morgan fingerprint density at radius 2 is 2.00 bits per heavy atom. The van der Waals surface area contributed by atoms with E-state index in [9.17, 15) is 10.1 Å². The highest BCUT2D eigenvalue weighted by Gasteiger charge is 2.24. The number of nitrogens with one attached hydrogen (secondary N) is 1. The first-order valence-corrected chi connectivity index (χ1v) is 6.59. The van der Waals surface area contributed by atoms with Crippen molar-refractivity contribution in [1.29, 1.82) is 0 Å². The first kappa shape index (κ1) is 14.2. The van der Waals surface area contributed by atoms with Crippen LogP contribution >= 0.6 is 0 Å². The monoisotopic (exact) mass is 273 g/mol. The molecule has 1 aromatic heterocycles. The molecule has 1 aromatic carbocycles. The number of nitrogens with zero attached hydrogens (tertiary/aromatic N) is 2. The van der Waals surface area contributed by atoms with Gasteiger partial charge in [0.25, 0.3) is 0 Å². The van der Waals surface area contributed by atoms with E-state index in [-0.39, 0.29) is 22.1 Å². The molecule has 1 unspecified atom stereocenters. The van der Waals surface area contributed by atoms with Crippen LogP contribution in [0.2, 0.25) is 0 Å². The molecular weight excluding hydrogens is 254 g/mol. The van der Waals surface area contributed by atoms with Crippen molar-refractivity contribution >= 4 is 22.3 Å². The van der Waals surface area contributed by atoms with Crippen LogP contribution in [0.3, 0.4) is 0 Å². The lowest BCUT2D eigenvalue weighted by molar-refractivity contribution is -0.382. The van der Waals surface area contributed by atoms with E-state index in [1.807, 2.05) is 6.92 Å². The summed E-state index contributed by atoms with van der Waals surface area (Å²) in [5.41, 5.74) is 1.27. The lowest BCUT2D eigenvalue weighted by atomic mass is 9.88. The number of pyridine rings is 1. The summed E-state index contributed by atoms with van der Waals surface area (Å²) < 4.78 is 0. The summed E-state index contributed by atoms with van der Waals surface area (Å²) >= 11 is 0. The summed E-state index contributed by atoms with van der Waals surface area (Å²) in [5.74, 6) is 0. The lowest BCUT2D eigenvalue weighted by Crippen LogP contribution is -2.31. The predicted octanol–water partition coefficient (Wildman–Crippen LogP) is 3.99. The van der Waals surface area contributed by atoms with Gasteiger partial charge in [-0.05, 0) is 36.6 Å². The van der Waals surface area contributed by atoms with Gasteiger partial charge in [0.05, 0.1) is 15.8 Å². The van der Waals surface area contributed by atoms with Gasteiger partial charge in [-0.25, -0.2) is 0 Å². The van der Waals surface area contributed by atoms with Crippen LogP contribution in [0.15, 0.2) is 30.5 Å². The number of fused-ring (bicyclic) bond motifs is 1. The molecule has 0 aliphatic rings. The number of nitro benzene ring substituents is 1. The van der Waals surface area contributed by atoms with Crippen LogP contribution in [0.4, 0.5) is 11.4 Å². The molecule has 0 fully saturated rings. The minimum Gasteiger partial charge on any atom is -0.376 e. The SMILES string of the molecule is CC(Nc1ccc2ncccc2c1[N+](=O)[O-])C(C)(C)C. The van der Waals surface area contributed by atoms with Crippen LogP contribution in [0.25, 0.3) is 10.9 Å². The standard InChI is InChI=1S/C15H19N3O2/c1-10(15(2,3)4)17-13-8-7-12-11(6-5-9-16-12)14(13)18(19)20/h5-10,17H,1-4H3. The number of aromatic nitrogens is 1. The molecule has 0 saturated heterocycles. The third-order valence-corrected chi connectivity index (χ3v) is 3.61. The molecule has 0 saturated carbocycles. The summed E-state index contributed by atoms with van der Waals surface area (Å²) in [7, 11) is 0. The minimum atomic E-state index is -0.346. The number of rotatable bonds is 3. The van der Waals surface area contributed by atoms with Gasteiger partial charge in [0.2, 0.25) is 0 Å². The largest absolute Gasteiger partial charge is 0.376 e. The highest BCUT2D eigenvalue weighted by atomic mass is 16.6. The maximum Gasteiger partial charge on any atom is 0.301 e. The first-order chi connectivity index (χ1) is 9.30. The van der Waals surface area contributed by atoms with Gasteiger partial charge < -0.3 is 5.32 Å². The van der Waals surface area contributed by atoms with E-state index in [0.29, 0.717) is 16.6 Å². The first-order valence-electron chi connectivity index (χ1n) is 6.59. The maximum atomic E-state index is 11.4. The molecule has 0 amide bonds. The summed E-state index contributed by atoms with van der Waals surface area (Å²) in [6.07, 6.45) is 1.64. The Bertz CT molecular complexity index is 647. The molecule has 0 spiro atoms. The van der Waals surface area contributed by atoms with E-state index in [4.69, 9.17) is 0 Å². The van der Waals surface area contributed by atoms with Gasteiger partial charge >= 0.3 is 5.69 Å². The van der Waals surface area contributed by atoms with Crippen LogP contribution in [-0.4, -0.2) is 15.9 Å². The van der Waals surface area contributed by atoms with E-state index in [1.165, 1.54) is 0 Å². The number of hydrogen-bond acceptors (Lipinski definition) is 4. The fourth-order valence-electron chi connectivity index (χ4n) is 1.90. The quantitative estimate of drug-likeness (QED) is 0.678. The summed E-state index contributed by atoms with van der Waals surface area (Å²) in [5, 5.41) is 15.2. The number of hydrogen-bond donors (Lipinski definition) is 1. The Morgan fingerprint density at radius 3 is 2.60 bits per heavy atom. The average Bonchev–Trinajstić information content (AvgIpc) is 2.36. The van der Waals surface area contributed by atoms with Crippen LogP contribution < -0.4 is 5.32 Å². The van der Waals surface area contributed by atoms with Gasteiger partial charge in [-0.3, -0.25) is 15.1 Å². The van der Waals surface area contributed by atoms with Crippen LogP contribution in [0.5, 0.6) is 0 Å². The molecule has 5 nitrogen and oxygen atoms in total. The van der Waals surface area contributed by atoms with Gasteiger partial charge in [0, 0.05) is 12.2 Å². The molecule has 2 rings (SSSR count). The van der Waals surface area contributed by atoms with E-state index in [1.54, 1.807) is 30.5 Å². The minimum absolute atomic E-state index is 0.0117. The molecule has 0 aliphatic carbocycles. The molecule has 1 heterocycles. The van der Waals surface area contributed by atoms with Crippen LogP contribution in [0.1, 0.15) is 27.7 Å². The van der Waals surface area contributed by atoms with E-state index < -0.39 is 0 Å². The van der Waals surface area contributed by atoms with E-state index in [2.05, 4.69) is 31.1 Å². The maximum absolute atomic E-state index is 11.4. The van der Waals surface area contributed by atoms with Crippen molar-refractivity contribution in [2.24, 2.45) is 5.41 Å². The molecule has 20 heavy (non-hydrogen) atoms. The smallest absolute Gasteiger partial charge is 0.301 e. The number of nitro groups is 1. The molecule has 0 radical (unpaired) electrons. The van der Waals surface area contributed by atoms with Gasteiger partial charge in [-0.1, -0.05) is 20.8 Å². The van der Waals surface area contributed by atoms with Crippen molar-refractivity contribution in [3.63, 3.8) is 0 Å². The molecule has 0 aliphatic heterocycles.